The molecule has 19 heavy (non-hydrogen) atoms. The van der Waals surface area contributed by atoms with Crippen LogP contribution in [0.15, 0.2) is 16.2 Å². The number of nitrogens with zero attached hydrogens (tertiary/aromatic N) is 3. The van der Waals surface area contributed by atoms with Crippen molar-refractivity contribution in [2.24, 2.45) is 11.8 Å². The molecule has 0 fully saturated rings. The lowest BCUT2D eigenvalue weighted by Gasteiger charge is -2.28. The van der Waals surface area contributed by atoms with Crippen LogP contribution < -0.4 is 10.2 Å². The van der Waals surface area contributed by atoms with Crippen molar-refractivity contribution in [2.45, 2.75) is 33.2 Å². The lowest BCUT2D eigenvalue weighted by molar-refractivity contribution is 0.329. The lowest BCUT2D eigenvalue weighted by Crippen LogP contribution is -2.29. The average Bonchev–Trinajstić information content (AvgIpc) is 2.82. The van der Waals surface area contributed by atoms with Gasteiger partial charge in [-0.1, -0.05) is 18.6 Å². The van der Waals surface area contributed by atoms with Gasteiger partial charge in [0.05, 0.1) is 6.54 Å². The van der Waals surface area contributed by atoms with E-state index in [1.807, 2.05) is 19.0 Å². The summed E-state index contributed by atoms with van der Waals surface area (Å²) >= 11 is 0. The molecule has 0 bridgehead atoms. The van der Waals surface area contributed by atoms with Crippen LogP contribution in [0.2, 0.25) is 0 Å². The SMILES string of the molecule is CC1=CCC[C@H](C)[C@@H]1CNCc1nc(N(C)C)no1. The van der Waals surface area contributed by atoms with Crippen molar-refractivity contribution in [1.29, 1.82) is 0 Å². The molecule has 0 saturated heterocycles. The summed E-state index contributed by atoms with van der Waals surface area (Å²) in [5.41, 5.74) is 1.51. The van der Waals surface area contributed by atoms with Crippen molar-refractivity contribution in [3.63, 3.8) is 0 Å². The van der Waals surface area contributed by atoms with Crippen molar-refractivity contribution in [1.82, 2.24) is 15.5 Å². The molecule has 1 heterocycles. The molecule has 0 amide bonds. The molecule has 1 aromatic rings. The Labute approximate surface area is 115 Å². The zero-order chi connectivity index (χ0) is 13.8. The Hall–Kier alpha value is -1.36. The summed E-state index contributed by atoms with van der Waals surface area (Å²) < 4.78 is 5.19. The van der Waals surface area contributed by atoms with Crippen LogP contribution in [-0.4, -0.2) is 30.8 Å². The summed E-state index contributed by atoms with van der Waals surface area (Å²) in [6, 6.07) is 0. The van der Waals surface area contributed by atoms with Crippen molar-refractivity contribution in [2.75, 3.05) is 25.5 Å². The zero-order valence-corrected chi connectivity index (χ0v) is 12.3. The molecule has 2 atom stereocenters. The number of allylic oxidation sites excluding steroid dienone is 1. The predicted octanol–water partition coefficient (Wildman–Crippen LogP) is 2.22. The minimum atomic E-state index is 0.624. The quantitative estimate of drug-likeness (QED) is 0.826. The zero-order valence-electron chi connectivity index (χ0n) is 12.3. The molecule has 0 aromatic carbocycles. The number of anilines is 1. The molecule has 106 valence electrons. The number of rotatable bonds is 5. The highest BCUT2D eigenvalue weighted by atomic mass is 16.5. The predicted molar refractivity (Wildman–Crippen MR) is 76.0 cm³/mol. The molecular formula is C14H24N4O. The minimum Gasteiger partial charge on any atom is -0.344 e. The van der Waals surface area contributed by atoms with Crippen LogP contribution >= 0.6 is 0 Å². The van der Waals surface area contributed by atoms with E-state index in [-0.39, 0.29) is 0 Å². The van der Waals surface area contributed by atoms with Crippen LogP contribution in [0.3, 0.4) is 0 Å². The highest BCUT2D eigenvalue weighted by Gasteiger charge is 2.21. The third kappa shape index (κ3) is 3.56. The summed E-state index contributed by atoms with van der Waals surface area (Å²) in [6.45, 7) is 6.18. The Kier molecular flexibility index (Phi) is 4.58. The van der Waals surface area contributed by atoms with Gasteiger partial charge >= 0.3 is 0 Å². The van der Waals surface area contributed by atoms with E-state index in [0.717, 1.165) is 12.5 Å². The van der Waals surface area contributed by atoms with Gasteiger partial charge in [-0.05, 0) is 36.8 Å². The van der Waals surface area contributed by atoms with E-state index in [2.05, 4.69) is 35.4 Å². The van der Waals surface area contributed by atoms with E-state index < -0.39 is 0 Å². The molecule has 1 N–H and O–H groups in total. The Morgan fingerprint density at radius 2 is 2.26 bits per heavy atom. The second-order valence-electron chi connectivity index (χ2n) is 5.62. The average molecular weight is 264 g/mol. The van der Waals surface area contributed by atoms with Gasteiger partial charge in [0.1, 0.15) is 0 Å². The summed E-state index contributed by atoms with van der Waals surface area (Å²) in [7, 11) is 3.81. The number of nitrogens with one attached hydrogen (secondary N) is 1. The van der Waals surface area contributed by atoms with E-state index >= 15 is 0 Å². The van der Waals surface area contributed by atoms with E-state index in [9.17, 15) is 0 Å². The molecule has 5 heteroatoms. The Balaban J connectivity index is 1.82. The maximum Gasteiger partial charge on any atom is 0.265 e. The van der Waals surface area contributed by atoms with E-state index in [1.165, 1.54) is 18.4 Å². The molecule has 1 aliphatic rings. The van der Waals surface area contributed by atoms with E-state index in [4.69, 9.17) is 4.52 Å². The number of aromatic nitrogens is 2. The first-order valence-electron chi connectivity index (χ1n) is 6.95. The number of hydrogen-bond acceptors (Lipinski definition) is 5. The van der Waals surface area contributed by atoms with Crippen molar-refractivity contribution < 1.29 is 4.52 Å². The largest absolute Gasteiger partial charge is 0.344 e. The van der Waals surface area contributed by atoms with Crippen LogP contribution in [0.4, 0.5) is 5.95 Å². The van der Waals surface area contributed by atoms with Gasteiger partial charge in [-0.3, -0.25) is 0 Å². The fourth-order valence-electron chi connectivity index (χ4n) is 2.57. The first-order chi connectivity index (χ1) is 9.08. The van der Waals surface area contributed by atoms with Crippen LogP contribution in [0.5, 0.6) is 0 Å². The van der Waals surface area contributed by atoms with Crippen molar-refractivity contribution in [3.8, 4) is 0 Å². The van der Waals surface area contributed by atoms with Gasteiger partial charge in [0.2, 0.25) is 5.89 Å². The molecule has 0 unspecified atom stereocenters. The van der Waals surface area contributed by atoms with Gasteiger partial charge < -0.3 is 14.7 Å². The number of hydrogen-bond donors (Lipinski definition) is 1. The van der Waals surface area contributed by atoms with Crippen LogP contribution in [-0.2, 0) is 6.54 Å². The first-order valence-corrected chi connectivity index (χ1v) is 6.95. The summed E-state index contributed by atoms with van der Waals surface area (Å²) in [4.78, 5) is 6.14. The Morgan fingerprint density at radius 1 is 1.47 bits per heavy atom. The standard InChI is InChI=1S/C14H24N4O/c1-10-6-5-7-11(2)12(10)8-15-9-13-16-14(17-19-13)18(3)4/h6,11-12,15H,5,7-9H2,1-4H3/t11-,12+/m0/s1. The van der Waals surface area contributed by atoms with Crippen molar-refractivity contribution >= 4 is 5.95 Å². The molecule has 0 radical (unpaired) electrons. The van der Waals surface area contributed by atoms with Gasteiger partial charge in [0, 0.05) is 20.6 Å². The first kappa shape index (κ1) is 14.1. The maximum absolute atomic E-state index is 5.19. The highest BCUT2D eigenvalue weighted by Crippen LogP contribution is 2.29. The lowest BCUT2D eigenvalue weighted by atomic mass is 9.80. The Morgan fingerprint density at radius 3 is 2.89 bits per heavy atom. The summed E-state index contributed by atoms with van der Waals surface area (Å²) in [5, 5.41) is 7.33. The summed E-state index contributed by atoms with van der Waals surface area (Å²) in [6.07, 6.45) is 4.87. The molecule has 0 saturated carbocycles. The summed E-state index contributed by atoms with van der Waals surface area (Å²) in [5.74, 6) is 2.65. The van der Waals surface area contributed by atoms with Gasteiger partial charge in [0.25, 0.3) is 5.95 Å². The fourth-order valence-corrected chi connectivity index (χ4v) is 2.57. The van der Waals surface area contributed by atoms with Crippen LogP contribution in [0.1, 0.15) is 32.6 Å². The monoisotopic (exact) mass is 264 g/mol. The Bertz CT molecular complexity index is 438. The maximum atomic E-state index is 5.19. The molecule has 5 nitrogen and oxygen atoms in total. The third-order valence-corrected chi connectivity index (χ3v) is 3.86. The van der Waals surface area contributed by atoms with Gasteiger partial charge in [0.15, 0.2) is 0 Å². The van der Waals surface area contributed by atoms with E-state index in [1.54, 1.807) is 0 Å². The normalized spacial score (nSPS) is 23.3. The van der Waals surface area contributed by atoms with Gasteiger partial charge in [-0.25, -0.2) is 0 Å². The molecule has 0 spiro atoms. The van der Waals surface area contributed by atoms with Crippen LogP contribution in [0.25, 0.3) is 0 Å². The molecule has 2 rings (SSSR count). The van der Waals surface area contributed by atoms with E-state index in [0.29, 0.717) is 24.3 Å². The minimum absolute atomic E-state index is 0.624. The smallest absolute Gasteiger partial charge is 0.265 e. The van der Waals surface area contributed by atoms with Gasteiger partial charge in [-0.2, -0.15) is 4.98 Å². The second kappa shape index (κ2) is 6.19. The highest BCUT2D eigenvalue weighted by molar-refractivity contribution is 5.23. The second-order valence-corrected chi connectivity index (χ2v) is 5.62. The molecule has 0 aliphatic heterocycles. The fraction of sp³-hybridized carbons (Fsp3) is 0.714. The molecule has 1 aromatic heterocycles. The van der Waals surface area contributed by atoms with Crippen LogP contribution in [0, 0.1) is 11.8 Å². The van der Waals surface area contributed by atoms with Crippen molar-refractivity contribution in [3.05, 3.63) is 17.5 Å². The third-order valence-electron chi connectivity index (χ3n) is 3.86. The molecule has 1 aliphatic carbocycles. The topological polar surface area (TPSA) is 54.2 Å². The van der Waals surface area contributed by atoms with Gasteiger partial charge in [-0.15, -0.1) is 0 Å². The molecular weight excluding hydrogens is 240 g/mol.